The molecule has 0 aliphatic rings. The third-order valence-corrected chi connectivity index (χ3v) is 1.96. The van der Waals surface area contributed by atoms with Crippen LogP contribution >= 0.6 is 0 Å². The van der Waals surface area contributed by atoms with Crippen LogP contribution in [0.2, 0.25) is 0 Å². The average Bonchev–Trinajstić information content (AvgIpc) is 2.42. The van der Waals surface area contributed by atoms with Crippen LogP contribution in [-0.2, 0) is 4.79 Å². The molecule has 0 bridgehead atoms. The third kappa shape index (κ3) is 4.40. The lowest BCUT2D eigenvalue weighted by atomic mass is 10.5. The monoisotopic (exact) mass is 254 g/mol. The second-order valence-corrected chi connectivity index (χ2v) is 3.39. The molecule has 0 spiro atoms. The first-order valence-electron chi connectivity index (χ1n) is 5.70. The number of aromatic nitrogens is 3. The van der Waals surface area contributed by atoms with Crippen LogP contribution in [0.15, 0.2) is 0 Å². The molecule has 8 heteroatoms. The maximum atomic E-state index is 11.1. The average molecular weight is 254 g/mol. The van der Waals surface area contributed by atoms with Gasteiger partial charge in [-0.25, -0.2) is 0 Å². The van der Waals surface area contributed by atoms with Crippen molar-refractivity contribution in [2.24, 2.45) is 0 Å². The lowest BCUT2D eigenvalue weighted by Gasteiger charge is -2.08. The van der Waals surface area contributed by atoms with Crippen molar-refractivity contribution in [3.8, 4) is 6.01 Å². The summed E-state index contributed by atoms with van der Waals surface area (Å²) in [6, 6.07) is 0.232. The number of amides is 1. The molecule has 0 saturated heterocycles. The van der Waals surface area contributed by atoms with Gasteiger partial charge in [0.15, 0.2) is 0 Å². The minimum atomic E-state index is -0.155. The van der Waals surface area contributed by atoms with Crippen molar-refractivity contribution < 1.29 is 9.53 Å². The second-order valence-electron chi connectivity index (χ2n) is 3.39. The number of nitrogens with one attached hydrogen (secondary N) is 3. The number of carbonyl (C=O) groups is 1. The lowest BCUT2D eigenvalue weighted by Crippen LogP contribution is -2.27. The van der Waals surface area contributed by atoms with Gasteiger partial charge in [0.1, 0.15) is 0 Å². The fraction of sp³-hybridized carbons (Fsp3) is 0.600. The predicted molar refractivity (Wildman–Crippen MR) is 67.7 cm³/mol. The summed E-state index contributed by atoms with van der Waals surface area (Å²) < 4.78 is 5.33. The molecule has 1 rings (SSSR count). The van der Waals surface area contributed by atoms with Crippen molar-refractivity contribution in [2.45, 2.75) is 13.3 Å². The fourth-order valence-electron chi connectivity index (χ4n) is 1.05. The summed E-state index contributed by atoms with van der Waals surface area (Å²) in [5.41, 5.74) is 0. The van der Waals surface area contributed by atoms with Gasteiger partial charge in [0.2, 0.25) is 17.8 Å². The zero-order valence-corrected chi connectivity index (χ0v) is 10.8. The highest BCUT2D eigenvalue weighted by atomic mass is 16.5. The zero-order chi connectivity index (χ0) is 13.4. The Morgan fingerprint density at radius 3 is 2.56 bits per heavy atom. The molecule has 3 N–H and O–H groups in total. The van der Waals surface area contributed by atoms with Crippen LogP contribution in [0.3, 0.4) is 0 Å². The Labute approximate surface area is 106 Å². The van der Waals surface area contributed by atoms with E-state index >= 15 is 0 Å². The molecule has 0 aliphatic carbocycles. The van der Waals surface area contributed by atoms with Crippen LogP contribution in [0.1, 0.15) is 13.3 Å². The van der Waals surface area contributed by atoms with E-state index in [1.807, 2.05) is 6.92 Å². The Morgan fingerprint density at radius 2 is 1.94 bits per heavy atom. The predicted octanol–water partition coefficient (Wildman–Crippen LogP) is -0.140. The molecule has 1 amide bonds. The zero-order valence-electron chi connectivity index (χ0n) is 10.8. The highest BCUT2D eigenvalue weighted by Gasteiger charge is 2.07. The largest absolute Gasteiger partial charge is 0.463 e. The van der Waals surface area contributed by atoms with Crippen LogP contribution in [0.25, 0.3) is 0 Å². The van der Waals surface area contributed by atoms with E-state index in [-0.39, 0.29) is 18.5 Å². The molecule has 0 radical (unpaired) electrons. The number of ether oxygens (including phenoxy) is 1. The first-order valence-corrected chi connectivity index (χ1v) is 5.70. The second kappa shape index (κ2) is 7.25. The lowest BCUT2D eigenvalue weighted by molar-refractivity contribution is -0.118. The summed E-state index contributed by atoms with van der Waals surface area (Å²) in [6.45, 7) is 2.61. The Hall–Kier alpha value is -2.12. The van der Waals surface area contributed by atoms with E-state index in [0.717, 1.165) is 6.42 Å². The van der Waals surface area contributed by atoms with E-state index in [0.29, 0.717) is 18.5 Å². The van der Waals surface area contributed by atoms with Crippen LogP contribution in [-0.4, -0.2) is 48.1 Å². The van der Waals surface area contributed by atoms with E-state index in [9.17, 15) is 4.79 Å². The number of carbonyl (C=O) groups excluding carboxylic acids is 1. The Kier molecular flexibility index (Phi) is 5.62. The van der Waals surface area contributed by atoms with Crippen molar-refractivity contribution in [3.63, 3.8) is 0 Å². The topological polar surface area (TPSA) is 101 Å². The van der Waals surface area contributed by atoms with E-state index in [1.54, 1.807) is 14.1 Å². The van der Waals surface area contributed by atoms with E-state index in [4.69, 9.17) is 4.74 Å². The van der Waals surface area contributed by atoms with Crippen LogP contribution in [0.4, 0.5) is 11.9 Å². The number of hydrogen-bond acceptors (Lipinski definition) is 7. The van der Waals surface area contributed by atoms with Gasteiger partial charge in [0.25, 0.3) is 0 Å². The summed E-state index contributed by atoms with van der Waals surface area (Å²) in [4.78, 5) is 23.3. The van der Waals surface area contributed by atoms with Gasteiger partial charge in [-0.15, -0.1) is 0 Å². The number of anilines is 2. The highest BCUT2D eigenvalue weighted by molar-refractivity contribution is 5.79. The van der Waals surface area contributed by atoms with Gasteiger partial charge < -0.3 is 20.7 Å². The first-order chi connectivity index (χ1) is 8.69. The quantitative estimate of drug-likeness (QED) is 0.622. The molecule has 1 aromatic heterocycles. The summed E-state index contributed by atoms with van der Waals surface area (Å²) in [6.07, 6.45) is 0.863. The van der Waals surface area contributed by atoms with Gasteiger partial charge in [-0.05, 0) is 6.42 Å². The van der Waals surface area contributed by atoms with Gasteiger partial charge in [0.05, 0.1) is 13.2 Å². The summed E-state index contributed by atoms with van der Waals surface area (Å²) in [5, 5.41) is 8.09. The minimum absolute atomic E-state index is 0.0941. The number of hydrogen-bond donors (Lipinski definition) is 3. The fourth-order valence-corrected chi connectivity index (χ4v) is 1.05. The first kappa shape index (κ1) is 13.9. The molecule has 0 aliphatic heterocycles. The SMILES string of the molecule is CCCOc1nc(NC)nc(NCC(=O)NC)n1. The van der Waals surface area contributed by atoms with Crippen molar-refractivity contribution in [1.82, 2.24) is 20.3 Å². The van der Waals surface area contributed by atoms with Gasteiger partial charge in [-0.1, -0.05) is 6.92 Å². The smallest absolute Gasteiger partial charge is 0.323 e. The molecular formula is C10H18N6O2. The van der Waals surface area contributed by atoms with E-state index in [2.05, 4.69) is 30.9 Å². The minimum Gasteiger partial charge on any atom is -0.463 e. The Morgan fingerprint density at radius 1 is 1.22 bits per heavy atom. The van der Waals surface area contributed by atoms with Crippen LogP contribution < -0.4 is 20.7 Å². The highest BCUT2D eigenvalue weighted by Crippen LogP contribution is 2.10. The van der Waals surface area contributed by atoms with E-state index in [1.165, 1.54) is 0 Å². The number of nitrogens with zero attached hydrogens (tertiary/aromatic N) is 3. The molecule has 0 fully saturated rings. The van der Waals surface area contributed by atoms with Crippen molar-refractivity contribution >= 4 is 17.8 Å². The van der Waals surface area contributed by atoms with Crippen LogP contribution in [0, 0.1) is 0 Å². The van der Waals surface area contributed by atoms with Crippen molar-refractivity contribution in [1.29, 1.82) is 0 Å². The van der Waals surface area contributed by atoms with Gasteiger partial charge >= 0.3 is 6.01 Å². The normalized spacial score (nSPS) is 9.72. The molecule has 8 nitrogen and oxygen atoms in total. The Balaban J connectivity index is 2.73. The molecule has 0 aromatic carbocycles. The number of likely N-dealkylation sites (N-methyl/N-ethyl adjacent to an activating group) is 1. The molecule has 1 aromatic rings. The Bertz CT molecular complexity index is 398. The standard InChI is InChI=1S/C10H18N6O2/c1-4-5-18-10-15-8(12-3)14-9(16-10)13-6-7(17)11-2/h4-6H2,1-3H3,(H,11,17)(H2,12,13,14,15,16). The third-order valence-electron chi connectivity index (χ3n) is 1.96. The molecule has 18 heavy (non-hydrogen) atoms. The maximum absolute atomic E-state index is 11.1. The van der Waals surface area contributed by atoms with Gasteiger partial charge in [0, 0.05) is 14.1 Å². The van der Waals surface area contributed by atoms with Crippen molar-refractivity contribution in [3.05, 3.63) is 0 Å². The molecule has 0 saturated carbocycles. The molecular weight excluding hydrogens is 236 g/mol. The molecule has 0 unspecified atom stereocenters. The van der Waals surface area contributed by atoms with Crippen LogP contribution in [0.5, 0.6) is 6.01 Å². The molecule has 100 valence electrons. The van der Waals surface area contributed by atoms with Crippen molar-refractivity contribution in [2.75, 3.05) is 37.9 Å². The number of rotatable bonds is 7. The molecule has 0 atom stereocenters. The summed E-state index contributed by atoms with van der Waals surface area (Å²) in [5.74, 6) is 0.525. The van der Waals surface area contributed by atoms with Gasteiger partial charge in [-0.3, -0.25) is 4.79 Å². The van der Waals surface area contributed by atoms with Gasteiger partial charge in [-0.2, -0.15) is 15.0 Å². The molecule has 1 heterocycles. The maximum Gasteiger partial charge on any atom is 0.323 e. The van der Waals surface area contributed by atoms with E-state index < -0.39 is 0 Å². The summed E-state index contributed by atoms with van der Waals surface area (Å²) >= 11 is 0. The summed E-state index contributed by atoms with van der Waals surface area (Å²) in [7, 11) is 3.26.